The smallest absolute Gasteiger partial charge is 0.151 e. The van der Waals surface area contributed by atoms with Crippen LogP contribution in [0.3, 0.4) is 0 Å². The predicted octanol–water partition coefficient (Wildman–Crippen LogP) is 3.61. The molecule has 0 radical (unpaired) electrons. The molecule has 2 aliphatic rings. The first-order chi connectivity index (χ1) is 14.0. The fraction of sp³-hybridized carbons (Fsp3) is 0.571. The van der Waals surface area contributed by atoms with Crippen LogP contribution in [0, 0.1) is 0 Å². The van der Waals surface area contributed by atoms with E-state index in [2.05, 4.69) is 44.8 Å². The van der Waals surface area contributed by atoms with Crippen LogP contribution in [0.25, 0.3) is 11.3 Å². The Morgan fingerprint density at radius 2 is 1.90 bits per heavy atom. The van der Waals surface area contributed by atoms with E-state index >= 15 is 0 Å². The zero-order chi connectivity index (χ0) is 20.4. The zero-order valence-corrected chi connectivity index (χ0v) is 18.6. The van der Waals surface area contributed by atoms with Gasteiger partial charge in [0.05, 0.1) is 28.5 Å². The summed E-state index contributed by atoms with van der Waals surface area (Å²) in [5.41, 5.74) is 1.94. The Kier molecular flexibility index (Phi) is 6.66. The molecule has 6 nitrogen and oxygen atoms in total. The molecule has 1 aromatic carbocycles. The first kappa shape index (κ1) is 20.9. The van der Waals surface area contributed by atoms with Gasteiger partial charge in [0.2, 0.25) is 0 Å². The van der Waals surface area contributed by atoms with Crippen LogP contribution in [0.2, 0.25) is 10.0 Å². The highest BCUT2D eigenvalue weighted by Crippen LogP contribution is 2.29. The fourth-order valence-electron chi connectivity index (χ4n) is 4.05. The number of rotatable bonds is 5. The van der Waals surface area contributed by atoms with Crippen LogP contribution in [0.15, 0.2) is 24.3 Å². The van der Waals surface area contributed by atoms with Crippen molar-refractivity contribution in [1.82, 2.24) is 20.0 Å². The topological polar surface area (TPSA) is 47.6 Å². The van der Waals surface area contributed by atoms with Gasteiger partial charge in [-0.05, 0) is 26.0 Å². The van der Waals surface area contributed by atoms with Gasteiger partial charge in [0.15, 0.2) is 5.82 Å². The van der Waals surface area contributed by atoms with Crippen molar-refractivity contribution >= 4 is 29.0 Å². The molecule has 4 rings (SSSR count). The minimum absolute atomic E-state index is 0.310. The van der Waals surface area contributed by atoms with Crippen LogP contribution in [0.1, 0.15) is 13.8 Å². The standard InChI is InChI=1S/C21H29Cl2N5O/c1-15(2)28-9-10-29-17(14-28)13-26-5-7-27(8-6-26)21-12-20(24-25-21)16-3-4-18(22)19(23)11-16/h3-4,11-12,15,17H,5-10,13-14H2,1-2H3,(H,24,25). The third-order valence-corrected chi connectivity index (χ3v) is 6.59. The number of nitrogens with zero attached hydrogens (tertiary/aromatic N) is 4. The monoisotopic (exact) mass is 437 g/mol. The second-order valence-electron chi connectivity index (χ2n) is 8.14. The van der Waals surface area contributed by atoms with Gasteiger partial charge < -0.3 is 9.64 Å². The van der Waals surface area contributed by atoms with Gasteiger partial charge in [0, 0.05) is 63.5 Å². The first-order valence-corrected chi connectivity index (χ1v) is 11.1. The summed E-state index contributed by atoms with van der Waals surface area (Å²) in [6.07, 6.45) is 0.310. The van der Waals surface area contributed by atoms with Gasteiger partial charge in [-0.15, -0.1) is 0 Å². The molecule has 0 saturated carbocycles. The minimum atomic E-state index is 0.310. The van der Waals surface area contributed by atoms with E-state index in [9.17, 15) is 0 Å². The summed E-state index contributed by atoms with van der Waals surface area (Å²) in [7, 11) is 0. The number of piperazine rings is 1. The molecule has 29 heavy (non-hydrogen) atoms. The average molecular weight is 438 g/mol. The molecule has 2 fully saturated rings. The van der Waals surface area contributed by atoms with E-state index in [1.165, 1.54) is 0 Å². The third-order valence-electron chi connectivity index (χ3n) is 5.85. The molecular weight excluding hydrogens is 409 g/mol. The van der Waals surface area contributed by atoms with E-state index in [1.807, 2.05) is 18.2 Å². The highest BCUT2D eigenvalue weighted by Gasteiger charge is 2.26. The zero-order valence-electron chi connectivity index (χ0n) is 17.1. The second kappa shape index (κ2) is 9.23. The molecule has 1 N–H and O–H groups in total. The number of benzene rings is 1. The molecule has 1 unspecified atom stereocenters. The molecule has 0 spiro atoms. The number of H-pyrrole nitrogens is 1. The lowest BCUT2D eigenvalue weighted by atomic mass is 10.1. The van der Waals surface area contributed by atoms with Gasteiger partial charge >= 0.3 is 0 Å². The molecular formula is C21H29Cl2N5O. The minimum Gasteiger partial charge on any atom is -0.374 e. The van der Waals surface area contributed by atoms with Crippen molar-refractivity contribution in [1.29, 1.82) is 0 Å². The molecule has 2 saturated heterocycles. The van der Waals surface area contributed by atoms with E-state index in [0.29, 0.717) is 22.2 Å². The molecule has 1 atom stereocenters. The molecule has 0 aliphatic carbocycles. The summed E-state index contributed by atoms with van der Waals surface area (Å²) < 4.78 is 6.01. The van der Waals surface area contributed by atoms with E-state index < -0.39 is 0 Å². The second-order valence-corrected chi connectivity index (χ2v) is 8.95. The van der Waals surface area contributed by atoms with E-state index in [4.69, 9.17) is 27.9 Å². The van der Waals surface area contributed by atoms with Gasteiger partial charge in [0.1, 0.15) is 0 Å². The Labute approximate surface area is 182 Å². The van der Waals surface area contributed by atoms with Crippen molar-refractivity contribution in [3.63, 3.8) is 0 Å². The summed E-state index contributed by atoms with van der Waals surface area (Å²) in [6.45, 7) is 12.4. The van der Waals surface area contributed by atoms with Crippen molar-refractivity contribution in [2.24, 2.45) is 0 Å². The molecule has 2 aliphatic heterocycles. The first-order valence-electron chi connectivity index (χ1n) is 10.3. The molecule has 158 valence electrons. The number of nitrogens with one attached hydrogen (secondary N) is 1. The van der Waals surface area contributed by atoms with Gasteiger partial charge in [-0.3, -0.25) is 14.9 Å². The van der Waals surface area contributed by atoms with Crippen LogP contribution >= 0.6 is 23.2 Å². The molecule has 3 heterocycles. The maximum Gasteiger partial charge on any atom is 0.151 e. The molecule has 0 amide bonds. The fourth-order valence-corrected chi connectivity index (χ4v) is 4.35. The number of morpholine rings is 1. The maximum absolute atomic E-state index is 6.15. The molecule has 2 aromatic rings. The van der Waals surface area contributed by atoms with Crippen LogP contribution in [0.4, 0.5) is 5.82 Å². The number of halogens is 2. The maximum atomic E-state index is 6.15. The Morgan fingerprint density at radius 3 is 2.62 bits per heavy atom. The van der Waals surface area contributed by atoms with Crippen molar-refractivity contribution in [2.75, 3.05) is 57.3 Å². The summed E-state index contributed by atoms with van der Waals surface area (Å²) in [4.78, 5) is 7.35. The number of hydrogen-bond donors (Lipinski definition) is 1. The van der Waals surface area contributed by atoms with Gasteiger partial charge in [0.25, 0.3) is 0 Å². The van der Waals surface area contributed by atoms with Gasteiger partial charge in [-0.2, -0.15) is 5.10 Å². The Balaban J connectivity index is 1.31. The Morgan fingerprint density at radius 1 is 1.10 bits per heavy atom. The SMILES string of the molecule is CC(C)N1CCOC(CN2CCN(c3cc(-c4ccc(Cl)c(Cl)c4)[nH]n3)CC2)C1. The van der Waals surface area contributed by atoms with Crippen molar-refractivity contribution in [2.45, 2.75) is 26.0 Å². The normalized spacial score (nSPS) is 21.8. The van der Waals surface area contributed by atoms with Crippen molar-refractivity contribution in [3.05, 3.63) is 34.3 Å². The highest BCUT2D eigenvalue weighted by atomic mass is 35.5. The average Bonchev–Trinajstić information content (AvgIpc) is 3.21. The van der Waals surface area contributed by atoms with E-state index in [1.54, 1.807) is 0 Å². The number of hydrogen-bond acceptors (Lipinski definition) is 5. The lowest BCUT2D eigenvalue weighted by Crippen LogP contribution is -2.53. The largest absolute Gasteiger partial charge is 0.374 e. The van der Waals surface area contributed by atoms with E-state index in [0.717, 1.165) is 69.5 Å². The molecule has 0 bridgehead atoms. The Hall–Kier alpha value is -1.31. The lowest BCUT2D eigenvalue weighted by molar-refractivity contribution is -0.0525. The van der Waals surface area contributed by atoms with Crippen LogP contribution in [0.5, 0.6) is 0 Å². The number of aromatic nitrogens is 2. The van der Waals surface area contributed by atoms with Crippen LogP contribution in [-0.4, -0.2) is 84.6 Å². The van der Waals surface area contributed by atoms with Crippen LogP contribution < -0.4 is 4.90 Å². The summed E-state index contributed by atoms with van der Waals surface area (Å²) in [6, 6.07) is 8.30. The molecule has 8 heteroatoms. The van der Waals surface area contributed by atoms with Crippen molar-refractivity contribution < 1.29 is 4.74 Å². The highest BCUT2D eigenvalue weighted by molar-refractivity contribution is 6.42. The summed E-state index contributed by atoms with van der Waals surface area (Å²) in [5.74, 6) is 0.977. The van der Waals surface area contributed by atoms with Gasteiger partial charge in [-0.1, -0.05) is 29.3 Å². The van der Waals surface area contributed by atoms with E-state index in [-0.39, 0.29) is 0 Å². The summed E-state index contributed by atoms with van der Waals surface area (Å²) >= 11 is 12.2. The van der Waals surface area contributed by atoms with Crippen molar-refractivity contribution in [3.8, 4) is 11.3 Å². The van der Waals surface area contributed by atoms with Gasteiger partial charge in [-0.25, -0.2) is 0 Å². The lowest BCUT2D eigenvalue weighted by Gasteiger charge is -2.40. The third kappa shape index (κ3) is 5.06. The number of ether oxygens (including phenoxy) is 1. The summed E-state index contributed by atoms with van der Waals surface area (Å²) in [5, 5.41) is 8.75. The quantitative estimate of drug-likeness (QED) is 0.773. The van der Waals surface area contributed by atoms with Crippen LogP contribution in [-0.2, 0) is 4.74 Å². The Bertz CT molecular complexity index is 819. The number of aromatic amines is 1. The predicted molar refractivity (Wildman–Crippen MR) is 119 cm³/mol. The molecule has 1 aromatic heterocycles. The number of anilines is 1.